The molecule has 1 aromatic heterocycles. The van der Waals surface area contributed by atoms with Gasteiger partial charge in [-0.25, -0.2) is 0 Å². The zero-order chi connectivity index (χ0) is 21.1. The molecule has 0 unspecified atom stereocenters. The first kappa shape index (κ1) is 20.5. The van der Waals surface area contributed by atoms with Gasteiger partial charge in [0.15, 0.2) is 23.0 Å². The quantitative estimate of drug-likeness (QED) is 0.607. The molecule has 6 nitrogen and oxygen atoms in total. The van der Waals surface area contributed by atoms with E-state index in [0.29, 0.717) is 28.7 Å². The number of H-pyrrole nitrogens is 1. The lowest BCUT2D eigenvalue weighted by molar-refractivity contribution is 0.324. The summed E-state index contributed by atoms with van der Waals surface area (Å²) in [5.41, 5.74) is 6.28. The Morgan fingerprint density at radius 3 is 1.52 bits per heavy atom. The van der Waals surface area contributed by atoms with Crippen molar-refractivity contribution in [1.29, 1.82) is 0 Å². The first-order valence-corrected chi connectivity index (χ1v) is 9.20. The van der Waals surface area contributed by atoms with Crippen molar-refractivity contribution in [3.05, 3.63) is 41.5 Å². The number of hydrogen-bond donors (Lipinski definition) is 1. The van der Waals surface area contributed by atoms with E-state index in [0.717, 1.165) is 33.6 Å². The van der Waals surface area contributed by atoms with Crippen LogP contribution in [0.3, 0.4) is 0 Å². The number of benzene rings is 2. The maximum absolute atomic E-state index is 5.51. The smallest absolute Gasteiger partial charge is 0.203 e. The van der Waals surface area contributed by atoms with Crippen LogP contribution in [-0.4, -0.2) is 40.5 Å². The highest BCUT2D eigenvalue weighted by atomic mass is 16.5. The molecule has 1 heterocycles. The maximum atomic E-state index is 5.51. The molecule has 0 bridgehead atoms. The van der Waals surface area contributed by atoms with Crippen molar-refractivity contribution in [3.63, 3.8) is 0 Å². The zero-order valence-electron chi connectivity index (χ0n) is 17.9. The minimum Gasteiger partial charge on any atom is -0.493 e. The number of aromatic amines is 1. The van der Waals surface area contributed by atoms with Gasteiger partial charge in [0.2, 0.25) is 5.75 Å². The Kier molecular flexibility index (Phi) is 5.92. The van der Waals surface area contributed by atoms with Crippen LogP contribution in [0, 0.1) is 13.8 Å². The average Bonchev–Trinajstić information content (AvgIpc) is 3.06. The van der Waals surface area contributed by atoms with Gasteiger partial charge in [0, 0.05) is 22.5 Å². The van der Waals surface area contributed by atoms with Crippen LogP contribution in [0.4, 0.5) is 0 Å². The van der Waals surface area contributed by atoms with Crippen LogP contribution in [0.1, 0.15) is 11.1 Å². The summed E-state index contributed by atoms with van der Waals surface area (Å²) in [5, 5.41) is 0. The fourth-order valence-electron chi connectivity index (χ4n) is 3.48. The summed E-state index contributed by atoms with van der Waals surface area (Å²) in [6.45, 7) is 4.19. The van der Waals surface area contributed by atoms with E-state index in [2.05, 4.69) is 18.8 Å². The SMILES string of the molecule is COc1ccc(-c2[nH]c(-c3cc(OC)c(OC)c(OC)c3)c(C)c2C)cc1OC. The van der Waals surface area contributed by atoms with E-state index in [1.54, 1.807) is 35.5 Å². The number of hydrogen-bond acceptors (Lipinski definition) is 5. The number of nitrogens with one attached hydrogen (secondary N) is 1. The van der Waals surface area contributed by atoms with E-state index in [1.165, 1.54) is 0 Å². The highest BCUT2D eigenvalue weighted by Crippen LogP contribution is 2.43. The molecule has 2 aromatic carbocycles. The normalized spacial score (nSPS) is 10.6. The molecule has 0 radical (unpaired) electrons. The predicted octanol–water partition coefficient (Wildman–Crippen LogP) is 5.01. The van der Waals surface area contributed by atoms with Gasteiger partial charge in [-0.3, -0.25) is 0 Å². The second-order valence-electron chi connectivity index (χ2n) is 6.61. The minimum atomic E-state index is 0.569. The highest BCUT2D eigenvalue weighted by Gasteiger charge is 2.19. The first-order chi connectivity index (χ1) is 14.0. The summed E-state index contributed by atoms with van der Waals surface area (Å²) in [6, 6.07) is 9.77. The van der Waals surface area contributed by atoms with Crippen molar-refractivity contribution >= 4 is 0 Å². The predicted molar refractivity (Wildman–Crippen MR) is 114 cm³/mol. The zero-order valence-corrected chi connectivity index (χ0v) is 17.9. The van der Waals surface area contributed by atoms with Gasteiger partial charge in [-0.15, -0.1) is 0 Å². The largest absolute Gasteiger partial charge is 0.493 e. The second-order valence-corrected chi connectivity index (χ2v) is 6.61. The van der Waals surface area contributed by atoms with Gasteiger partial charge in [-0.2, -0.15) is 0 Å². The van der Waals surface area contributed by atoms with Crippen molar-refractivity contribution in [1.82, 2.24) is 4.98 Å². The lowest BCUT2D eigenvalue weighted by atomic mass is 10.0. The summed E-state index contributed by atoms with van der Waals surface area (Å²) < 4.78 is 27.3. The van der Waals surface area contributed by atoms with Crippen molar-refractivity contribution in [2.45, 2.75) is 13.8 Å². The molecule has 0 saturated heterocycles. The molecule has 0 aliphatic rings. The van der Waals surface area contributed by atoms with Gasteiger partial charge in [-0.1, -0.05) is 0 Å². The van der Waals surface area contributed by atoms with E-state index in [-0.39, 0.29) is 0 Å². The number of rotatable bonds is 7. The second kappa shape index (κ2) is 8.39. The molecule has 0 atom stereocenters. The number of ether oxygens (including phenoxy) is 5. The third-order valence-electron chi connectivity index (χ3n) is 5.19. The molecular formula is C23H27NO5. The molecule has 0 aliphatic heterocycles. The third kappa shape index (κ3) is 3.58. The van der Waals surface area contributed by atoms with Gasteiger partial charge in [0.25, 0.3) is 0 Å². The molecule has 0 aliphatic carbocycles. The monoisotopic (exact) mass is 397 g/mol. The van der Waals surface area contributed by atoms with Crippen LogP contribution in [0.5, 0.6) is 28.7 Å². The molecule has 0 fully saturated rings. The summed E-state index contributed by atoms with van der Waals surface area (Å²) in [6.07, 6.45) is 0. The van der Waals surface area contributed by atoms with E-state index in [4.69, 9.17) is 23.7 Å². The number of aromatic nitrogens is 1. The average molecular weight is 397 g/mol. The Bertz CT molecular complexity index is 997. The standard InChI is InChI=1S/C23H27NO5/c1-13-14(2)22(16-11-19(27-5)23(29-7)20(12-16)28-6)24-21(13)15-8-9-17(25-3)18(10-15)26-4/h8-12,24H,1-7H3. The summed E-state index contributed by atoms with van der Waals surface area (Å²) in [5.74, 6) is 3.18. The molecule has 0 amide bonds. The van der Waals surface area contributed by atoms with Crippen molar-refractivity contribution in [3.8, 4) is 51.3 Å². The van der Waals surface area contributed by atoms with Gasteiger partial charge < -0.3 is 28.7 Å². The fraction of sp³-hybridized carbons (Fsp3) is 0.304. The number of methoxy groups -OCH3 is 5. The molecule has 0 spiro atoms. The van der Waals surface area contributed by atoms with E-state index in [1.807, 2.05) is 30.3 Å². The molecule has 0 saturated carbocycles. The summed E-state index contributed by atoms with van der Waals surface area (Å²) in [7, 11) is 8.09. The lowest BCUT2D eigenvalue weighted by Gasteiger charge is -2.14. The summed E-state index contributed by atoms with van der Waals surface area (Å²) >= 11 is 0. The highest BCUT2D eigenvalue weighted by molar-refractivity contribution is 5.78. The summed E-state index contributed by atoms with van der Waals surface area (Å²) in [4.78, 5) is 3.56. The van der Waals surface area contributed by atoms with Crippen LogP contribution in [0.2, 0.25) is 0 Å². The Labute approximate surface area is 171 Å². The Morgan fingerprint density at radius 2 is 1.03 bits per heavy atom. The van der Waals surface area contributed by atoms with Crippen LogP contribution < -0.4 is 23.7 Å². The van der Waals surface area contributed by atoms with Gasteiger partial charge in [0.05, 0.1) is 35.5 Å². The van der Waals surface area contributed by atoms with Gasteiger partial charge in [0.1, 0.15) is 0 Å². The van der Waals surface area contributed by atoms with Crippen LogP contribution in [-0.2, 0) is 0 Å². The van der Waals surface area contributed by atoms with Crippen molar-refractivity contribution in [2.75, 3.05) is 35.5 Å². The minimum absolute atomic E-state index is 0.569. The van der Waals surface area contributed by atoms with Crippen molar-refractivity contribution in [2.24, 2.45) is 0 Å². The van der Waals surface area contributed by atoms with Gasteiger partial charge >= 0.3 is 0 Å². The molecule has 154 valence electrons. The van der Waals surface area contributed by atoms with Crippen LogP contribution in [0.25, 0.3) is 22.5 Å². The third-order valence-corrected chi connectivity index (χ3v) is 5.19. The Balaban J connectivity index is 2.15. The van der Waals surface area contributed by atoms with Crippen molar-refractivity contribution < 1.29 is 23.7 Å². The van der Waals surface area contributed by atoms with E-state index < -0.39 is 0 Å². The lowest BCUT2D eigenvalue weighted by Crippen LogP contribution is -1.96. The van der Waals surface area contributed by atoms with E-state index in [9.17, 15) is 0 Å². The first-order valence-electron chi connectivity index (χ1n) is 9.20. The molecule has 29 heavy (non-hydrogen) atoms. The molecule has 6 heteroatoms. The topological polar surface area (TPSA) is 61.9 Å². The molecular weight excluding hydrogens is 370 g/mol. The molecule has 3 rings (SSSR count). The molecule has 3 aromatic rings. The van der Waals surface area contributed by atoms with Crippen LogP contribution >= 0.6 is 0 Å². The maximum Gasteiger partial charge on any atom is 0.203 e. The van der Waals surface area contributed by atoms with Gasteiger partial charge in [-0.05, 0) is 55.3 Å². The Morgan fingerprint density at radius 1 is 0.552 bits per heavy atom. The Hall–Kier alpha value is -3.28. The fourth-order valence-corrected chi connectivity index (χ4v) is 3.48. The van der Waals surface area contributed by atoms with Crippen LogP contribution in [0.15, 0.2) is 30.3 Å². The van der Waals surface area contributed by atoms with E-state index >= 15 is 0 Å². The molecule has 1 N–H and O–H groups in total.